The minimum atomic E-state index is -0.881. The van der Waals surface area contributed by atoms with Crippen LogP contribution in [-0.4, -0.2) is 21.0 Å². The van der Waals surface area contributed by atoms with Gasteiger partial charge in [0.05, 0.1) is 12.0 Å². The summed E-state index contributed by atoms with van der Waals surface area (Å²) in [4.78, 5) is 10.2. The van der Waals surface area contributed by atoms with Crippen molar-refractivity contribution < 1.29 is 14.3 Å². The van der Waals surface area contributed by atoms with Crippen molar-refractivity contribution in [3.63, 3.8) is 0 Å². The van der Waals surface area contributed by atoms with Crippen LogP contribution in [0.3, 0.4) is 0 Å². The molecule has 12 heavy (non-hydrogen) atoms. The van der Waals surface area contributed by atoms with Crippen molar-refractivity contribution in [2.24, 2.45) is 0 Å². The van der Waals surface area contributed by atoms with Gasteiger partial charge < -0.3 is 9.52 Å². The van der Waals surface area contributed by atoms with Gasteiger partial charge in [0.25, 0.3) is 0 Å². The Morgan fingerprint density at radius 1 is 1.75 bits per heavy atom. The van der Waals surface area contributed by atoms with Crippen LogP contribution in [0.2, 0.25) is 0 Å². The Balaban J connectivity index is 2.45. The van der Waals surface area contributed by atoms with Crippen LogP contribution in [0.5, 0.6) is 0 Å². The second-order valence-electron chi connectivity index (χ2n) is 1.95. The molecular formula is C7H6O3S2. The summed E-state index contributed by atoms with van der Waals surface area (Å²) < 4.78 is 5.45. The van der Waals surface area contributed by atoms with Gasteiger partial charge in [-0.25, -0.2) is 0 Å². The molecule has 0 saturated carbocycles. The smallest absolute Gasteiger partial charge is 0.313 e. The minimum Gasteiger partial charge on any atom is -0.481 e. The number of thiocarbonyl (C=S) groups is 1. The first-order valence-electron chi connectivity index (χ1n) is 3.12. The highest BCUT2D eigenvalue weighted by atomic mass is 32.2. The predicted molar refractivity (Wildman–Crippen MR) is 50.5 cm³/mol. The molecule has 0 saturated heterocycles. The zero-order valence-electron chi connectivity index (χ0n) is 6.02. The van der Waals surface area contributed by atoms with Crippen LogP contribution < -0.4 is 0 Å². The number of aliphatic carboxylic acids is 1. The van der Waals surface area contributed by atoms with Crippen molar-refractivity contribution in [1.82, 2.24) is 0 Å². The van der Waals surface area contributed by atoms with Crippen molar-refractivity contribution in [2.45, 2.75) is 0 Å². The molecule has 0 spiro atoms. The maximum absolute atomic E-state index is 10.2. The van der Waals surface area contributed by atoms with Gasteiger partial charge in [0.2, 0.25) is 0 Å². The summed E-state index contributed by atoms with van der Waals surface area (Å²) in [5.74, 6) is -0.357. The van der Waals surface area contributed by atoms with E-state index >= 15 is 0 Å². The molecule has 1 rings (SSSR count). The van der Waals surface area contributed by atoms with Crippen molar-refractivity contribution in [1.29, 1.82) is 0 Å². The van der Waals surface area contributed by atoms with E-state index in [4.69, 9.17) is 21.7 Å². The normalized spacial score (nSPS) is 9.67. The van der Waals surface area contributed by atoms with Gasteiger partial charge in [-0.05, 0) is 12.1 Å². The second-order valence-corrected chi connectivity index (χ2v) is 3.60. The average molecular weight is 202 g/mol. The van der Waals surface area contributed by atoms with E-state index in [1.54, 1.807) is 12.1 Å². The Hall–Kier alpha value is -0.810. The molecule has 0 aromatic carbocycles. The maximum atomic E-state index is 10.2. The lowest BCUT2D eigenvalue weighted by Gasteiger charge is -1.95. The first-order valence-corrected chi connectivity index (χ1v) is 4.52. The van der Waals surface area contributed by atoms with Crippen LogP contribution in [0.25, 0.3) is 0 Å². The highest BCUT2D eigenvalue weighted by Gasteiger charge is 2.06. The molecule has 5 heteroatoms. The fraction of sp³-hybridized carbons (Fsp3) is 0.143. The number of furan rings is 1. The maximum Gasteiger partial charge on any atom is 0.313 e. The molecule has 0 amide bonds. The topological polar surface area (TPSA) is 50.4 Å². The van der Waals surface area contributed by atoms with Gasteiger partial charge in [-0.15, -0.1) is 0 Å². The molecule has 3 nitrogen and oxygen atoms in total. The lowest BCUT2D eigenvalue weighted by atomic mass is 10.5. The summed E-state index contributed by atoms with van der Waals surface area (Å²) in [6.07, 6.45) is 1.50. The Kier molecular flexibility index (Phi) is 3.31. The lowest BCUT2D eigenvalue weighted by molar-refractivity contribution is -0.133. The number of rotatable bonds is 3. The molecule has 0 aliphatic rings. The Morgan fingerprint density at radius 3 is 3.00 bits per heavy atom. The minimum absolute atomic E-state index is 0.0282. The van der Waals surface area contributed by atoms with E-state index in [2.05, 4.69) is 0 Å². The molecule has 1 N–H and O–H groups in total. The summed E-state index contributed by atoms with van der Waals surface area (Å²) in [6.45, 7) is 0. The summed E-state index contributed by atoms with van der Waals surface area (Å²) >= 11 is 5.98. The van der Waals surface area contributed by atoms with Crippen LogP contribution in [-0.2, 0) is 4.79 Å². The molecule has 0 unspecified atom stereocenters. The van der Waals surface area contributed by atoms with E-state index < -0.39 is 5.97 Å². The van der Waals surface area contributed by atoms with Crippen LogP contribution in [0, 0.1) is 0 Å². The molecule has 0 aliphatic heterocycles. The van der Waals surface area contributed by atoms with Crippen molar-refractivity contribution in [3.8, 4) is 0 Å². The van der Waals surface area contributed by atoms with E-state index in [9.17, 15) is 4.79 Å². The third-order valence-electron chi connectivity index (χ3n) is 1.05. The fourth-order valence-electron chi connectivity index (χ4n) is 0.593. The molecule has 1 heterocycles. The van der Waals surface area contributed by atoms with E-state index in [1.165, 1.54) is 6.26 Å². The Labute approximate surface area is 78.8 Å². The molecule has 1 aromatic rings. The molecule has 64 valence electrons. The molecule has 0 bridgehead atoms. The van der Waals surface area contributed by atoms with Gasteiger partial charge in [0, 0.05) is 0 Å². The second kappa shape index (κ2) is 4.27. The molecule has 0 radical (unpaired) electrons. The Morgan fingerprint density at radius 2 is 2.50 bits per heavy atom. The summed E-state index contributed by atoms with van der Waals surface area (Å²) in [5, 5.41) is 8.35. The molecular weight excluding hydrogens is 196 g/mol. The number of thioether (sulfide) groups is 1. The first kappa shape index (κ1) is 9.28. The molecule has 0 aliphatic carbocycles. The number of carbonyl (C=O) groups is 1. The predicted octanol–water partition coefficient (Wildman–Crippen LogP) is 1.77. The molecule has 0 atom stereocenters. The SMILES string of the molecule is O=C(O)CSC(=S)c1ccco1. The van der Waals surface area contributed by atoms with Crippen LogP contribution in [0.15, 0.2) is 22.8 Å². The first-order chi connectivity index (χ1) is 5.70. The Bertz CT molecular complexity index is 279. The van der Waals surface area contributed by atoms with Crippen LogP contribution >= 0.6 is 24.0 Å². The van der Waals surface area contributed by atoms with Crippen LogP contribution in [0.1, 0.15) is 5.76 Å². The van der Waals surface area contributed by atoms with E-state index in [-0.39, 0.29) is 5.75 Å². The largest absolute Gasteiger partial charge is 0.481 e. The van der Waals surface area contributed by atoms with E-state index in [1.807, 2.05) is 0 Å². The van der Waals surface area contributed by atoms with Crippen molar-refractivity contribution in [3.05, 3.63) is 24.2 Å². The standard InChI is InChI=1S/C7H6O3S2/c8-6(9)4-12-7(11)5-2-1-3-10-5/h1-3H,4H2,(H,8,9). The summed E-state index contributed by atoms with van der Waals surface area (Å²) in [6, 6.07) is 3.42. The molecule has 1 aromatic heterocycles. The summed E-state index contributed by atoms with van der Waals surface area (Å²) in [7, 11) is 0. The quantitative estimate of drug-likeness (QED) is 0.757. The van der Waals surface area contributed by atoms with E-state index in [0.717, 1.165) is 11.8 Å². The lowest BCUT2D eigenvalue weighted by Crippen LogP contribution is -2.01. The fourth-order valence-corrected chi connectivity index (χ4v) is 1.40. The highest BCUT2D eigenvalue weighted by molar-refractivity contribution is 8.24. The van der Waals surface area contributed by atoms with Gasteiger partial charge in [0.1, 0.15) is 4.20 Å². The highest BCUT2D eigenvalue weighted by Crippen LogP contribution is 2.13. The third kappa shape index (κ3) is 2.67. The van der Waals surface area contributed by atoms with Crippen molar-refractivity contribution >= 4 is 34.1 Å². The third-order valence-corrected chi connectivity index (χ3v) is 2.46. The zero-order valence-corrected chi connectivity index (χ0v) is 7.65. The zero-order chi connectivity index (χ0) is 8.97. The number of carboxylic acids is 1. The number of carboxylic acid groups (broad SMARTS) is 1. The van der Waals surface area contributed by atoms with E-state index in [0.29, 0.717) is 9.96 Å². The van der Waals surface area contributed by atoms with Crippen molar-refractivity contribution in [2.75, 3.05) is 5.75 Å². The molecule has 0 fully saturated rings. The van der Waals surface area contributed by atoms with Gasteiger partial charge in [-0.1, -0.05) is 24.0 Å². The summed E-state index contributed by atoms with van der Waals surface area (Å²) in [5.41, 5.74) is 0. The van der Waals surface area contributed by atoms with Gasteiger partial charge in [-0.2, -0.15) is 0 Å². The monoisotopic (exact) mass is 202 g/mol. The van der Waals surface area contributed by atoms with Gasteiger partial charge >= 0.3 is 5.97 Å². The average Bonchev–Trinajstić information content (AvgIpc) is 2.51. The van der Waals surface area contributed by atoms with Crippen LogP contribution in [0.4, 0.5) is 0 Å². The van der Waals surface area contributed by atoms with Gasteiger partial charge in [0.15, 0.2) is 5.76 Å². The van der Waals surface area contributed by atoms with Gasteiger partial charge in [-0.3, -0.25) is 4.79 Å². The number of hydrogen-bond acceptors (Lipinski definition) is 4. The number of hydrogen-bond donors (Lipinski definition) is 1.